The normalized spacial score (nSPS) is 10.5. The molecule has 21 heavy (non-hydrogen) atoms. The van der Waals surface area contributed by atoms with E-state index < -0.39 is 0 Å². The summed E-state index contributed by atoms with van der Waals surface area (Å²) in [5.41, 5.74) is 0. The Hall–Kier alpha value is -1.63. The minimum Gasteiger partial charge on any atom is -0.464 e. The molecule has 1 rings (SSSR count). The summed E-state index contributed by atoms with van der Waals surface area (Å²) < 4.78 is 10.8. The van der Waals surface area contributed by atoms with Crippen LogP contribution < -0.4 is 15.0 Å². The maximum absolute atomic E-state index is 5.43. The van der Waals surface area contributed by atoms with Crippen molar-refractivity contribution in [1.82, 2.24) is 15.0 Å². The van der Waals surface area contributed by atoms with Crippen molar-refractivity contribution in [3.05, 3.63) is 0 Å². The molecule has 1 aromatic heterocycles. The molecule has 7 heteroatoms. The lowest BCUT2D eigenvalue weighted by Crippen LogP contribution is -2.29. The molecule has 0 atom stereocenters. The van der Waals surface area contributed by atoms with Crippen molar-refractivity contribution in [2.75, 3.05) is 49.7 Å². The van der Waals surface area contributed by atoms with Crippen molar-refractivity contribution in [2.24, 2.45) is 0 Å². The van der Waals surface area contributed by atoms with Crippen LogP contribution in [0.4, 0.5) is 11.9 Å². The lowest BCUT2D eigenvalue weighted by Gasteiger charge is -2.21. The third-order valence-corrected chi connectivity index (χ3v) is 2.78. The first-order chi connectivity index (χ1) is 10.2. The van der Waals surface area contributed by atoms with Crippen molar-refractivity contribution < 1.29 is 9.47 Å². The molecule has 0 aliphatic carbocycles. The van der Waals surface area contributed by atoms with Crippen LogP contribution in [-0.4, -0.2) is 54.4 Å². The van der Waals surface area contributed by atoms with Gasteiger partial charge in [0, 0.05) is 26.2 Å². The number of nitrogens with zero attached hydrogens (tertiary/aromatic N) is 4. The zero-order chi connectivity index (χ0) is 15.5. The number of nitrogens with one attached hydrogen (secondary N) is 1. The quantitative estimate of drug-likeness (QED) is 0.626. The van der Waals surface area contributed by atoms with Gasteiger partial charge in [-0.3, -0.25) is 0 Å². The van der Waals surface area contributed by atoms with Crippen LogP contribution in [0.15, 0.2) is 0 Å². The fourth-order valence-electron chi connectivity index (χ4n) is 1.72. The van der Waals surface area contributed by atoms with Gasteiger partial charge in [-0.05, 0) is 27.2 Å². The summed E-state index contributed by atoms with van der Waals surface area (Å²) in [4.78, 5) is 15.1. The second kappa shape index (κ2) is 10.1. The van der Waals surface area contributed by atoms with Gasteiger partial charge in [0.2, 0.25) is 11.9 Å². The highest BCUT2D eigenvalue weighted by atomic mass is 16.5. The summed E-state index contributed by atoms with van der Waals surface area (Å²) in [5, 5.41) is 3.18. The van der Waals surface area contributed by atoms with E-state index in [1.807, 2.05) is 13.8 Å². The summed E-state index contributed by atoms with van der Waals surface area (Å²) in [5.74, 6) is 1.18. The molecule has 1 heterocycles. The molecule has 0 spiro atoms. The molecular weight excluding hydrogens is 270 g/mol. The first kappa shape index (κ1) is 17.4. The average molecular weight is 297 g/mol. The van der Waals surface area contributed by atoms with Gasteiger partial charge in [-0.2, -0.15) is 15.0 Å². The SMILES string of the molecule is CCCNc1nc(OCC)nc(N(CC)CCOCC)n1. The molecule has 0 bridgehead atoms. The second-order valence-corrected chi connectivity index (χ2v) is 4.38. The van der Waals surface area contributed by atoms with E-state index in [1.54, 1.807) is 0 Å². The van der Waals surface area contributed by atoms with Gasteiger partial charge in [-0.1, -0.05) is 6.92 Å². The molecule has 0 aliphatic heterocycles. The number of rotatable bonds is 11. The topological polar surface area (TPSA) is 72.4 Å². The van der Waals surface area contributed by atoms with E-state index in [-0.39, 0.29) is 0 Å². The number of likely N-dealkylation sites (N-methyl/N-ethyl adjacent to an activating group) is 1. The zero-order valence-electron chi connectivity index (χ0n) is 13.6. The van der Waals surface area contributed by atoms with E-state index in [0.29, 0.717) is 37.7 Å². The molecule has 0 fully saturated rings. The Kier molecular flexibility index (Phi) is 8.42. The molecule has 0 amide bonds. The summed E-state index contributed by atoms with van der Waals surface area (Å²) in [6.07, 6.45) is 1.01. The number of hydrogen-bond donors (Lipinski definition) is 1. The molecule has 120 valence electrons. The van der Waals surface area contributed by atoms with Crippen LogP contribution in [0, 0.1) is 0 Å². The predicted molar refractivity (Wildman–Crippen MR) is 84.2 cm³/mol. The number of anilines is 2. The van der Waals surface area contributed by atoms with Gasteiger partial charge >= 0.3 is 6.01 Å². The molecule has 0 saturated carbocycles. The average Bonchev–Trinajstić information content (AvgIpc) is 2.50. The number of aromatic nitrogens is 3. The van der Waals surface area contributed by atoms with Crippen LogP contribution in [0.2, 0.25) is 0 Å². The molecule has 0 aliphatic rings. The summed E-state index contributed by atoms with van der Waals surface area (Å²) in [6.45, 7) is 12.3. The van der Waals surface area contributed by atoms with Crippen LogP contribution in [0.1, 0.15) is 34.1 Å². The number of ether oxygens (including phenoxy) is 2. The molecule has 1 aromatic rings. The van der Waals surface area contributed by atoms with E-state index in [2.05, 4.69) is 39.0 Å². The van der Waals surface area contributed by atoms with E-state index >= 15 is 0 Å². The van der Waals surface area contributed by atoms with E-state index in [9.17, 15) is 0 Å². The minimum atomic E-state index is 0.357. The van der Waals surface area contributed by atoms with Gasteiger partial charge < -0.3 is 19.7 Å². The van der Waals surface area contributed by atoms with Crippen molar-refractivity contribution in [1.29, 1.82) is 0 Å². The Morgan fingerprint density at radius 2 is 1.86 bits per heavy atom. The van der Waals surface area contributed by atoms with Crippen molar-refractivity contribution in [3.8, 4) is 6.01 Å². The van der Waals surface area contributed by atoms with Gasteiger partial charge in [0.15, 0.2) is 0 Å². The third-order valence-electron chi connectivity index (χ3n) is 2.78. The van der Waals surface area contributed by atoms with E-state index in [0.717, 1.165) is 26.1 Å². The largest absolute Gasteiger partial charge is 0.464 e. The first-order valence-corrected chi connectivity index (χ1v) is 7.70. The van der Waals surface area contributed by atoms with Crippen molar-refractivity contribution >= 4 is 11.9 Å². The van der Waals surface area contributed by atoms with Gasteiger partial charge in [0.05, 0.1) is 13.2 Å². The molecular formula is C14H27N5O2. The lowest BCUT2D eigenvalue weighted by molar-refractivity contribution is 0.153. The number of hydrogen-bond acceptors (Lipinski definition) is 7. The first-order valence-electron chi connectivity index (χ1n) is 7.70. The molecule has 7 nitrogen and oxygen atoms in total. The Morgan fingerprint density at radius 1 is 1.05 bits per heavy atom. The Morgan fingerprint density at radius 3 is 2.48 bits per heavy atom. The summed E-state index contributed by atoms with van der Waals surface area (Å²) in [7, 11) is 0. The highest BCUT2D eigenvalue weighted by Gasteiger charge is 2.12. The van der Waals surface area contributed by atoms with Crippen molar-refractivity contribution in [2.45, 2.75) is 34.1 Å². The van der Waals surface area contributed by atoms with Crippen LogP contribution in [0.25, 0.3) is 0 Å². The van der Waals surface area contributed by atoms with Crippen LogP contribution in [0.3, 0.4) is 0 Å². The van der Waals surface area contributed by atoms with Crippen LogP contribution in [0.5, 0.6) is 6.01 Å². The van der Waals surface area contributed by atoms with Crippen LogP contribution >= 0.6 is 0 Å². The van der Waals surface area contributed by atoms with E-state index in [4.69, 9.17) is 9.47 Å². The maximum atomic E-state index is 5.43. The maximum Gasteiger partial charge on any atom is 0.323 e. The Bertz CT molecular complexity index is 403. The molecule has 0 radical (unpaired) electrons. The highest BCUT2D eigenvalue weighted by Crippen LogP contribution is 2.15. The smallest absolute Gasteiger partial charge is 0.323 e. The molecule has 0 saturated heterocycles. The van der Waals surface area contributed by atoms with Gasteiger partial charge in [0.25, 0.3) is 0 Å². The van der Waals surface area contributed by atoms with E-state index in [1.165, 1.54) is 0 Å². The molecule has 1 N–H and O–H groups in total. The molecule has 0 aromatic carbocycles. The second-order valence-electron chi connectivity index (χ2n) is 4.38. The lowest BCUT2D eigenvalue weighted by atomic mass is 10.5. The van der Waals surface area contributed by atoms with Gasteiger partial charge in [-0.15, -0.1) is 0 Å². The summed E-state index contributed by atoms with van der Waals surface area (Å²) in [6, 6.07) is 0.357. The fraction of sp³-hybridized carbons (Fsp3) is 0.786. The molecule has 0 unspecified atom stereocenters. The fourth-order valence-corrected chi connectivity index (χ4v) is 1.72. The highest BCUT2D eigenvalue weighted by molar-refractivity contribution is 5.38. The van der Waals surface area contributed by atoms with Crippen LogP contribution in [-0.2, 0) is 4.74 Å². The Labute approximate surface area is 127 Å². The minimum absolute atomic E-state index is 0.357. The standard InChI is InChI=1S/C14H27N5O2/c1-5-9-15-12-16-13(18-14(17-12)21-8-4)19(6-2)10-11-20-7-3/h5-11H2,1-4H3,(H,15,16,17,18). The monoisotopic (exact) mass is 297 g/mol. The van der Waals surface area contributed by atoms with Crippen molar-refractivity contribution in [3.63, 3.8) is 0 Å². The van der Waals surface area contributed by atoms with Gasteiger partial charge in [-0.25, -0.2) is 0 Å². The van der Waals surface area contributed by atoms with Gasteiger partial charge in [0.1, 0.15) is 0 Å². The zero-order valence-corrected chi connectivity index (χ0v) is 13.6. The summed E-state index contributed by atoms with van der Waals surface area (Å²) >= 11 is 0. The Balaban J connectivity index is 2.87. The third kappa shape index (κ3) is 6.12. The predicted octanol–water partition coefficient (Wildman–Crippen LogP) is 1.95.